The van der Waals surface area contributed by atoms with E-state index in [4.69, 9.17) is 9.72 Å². The fourth-order valence-electron chi connectivity index (χ4n) is 5.67. The van der Waals surface area contributed by atoms with Gasteiger partial charge in [0.25, 0.3) is 0 Å². The number of hydrogen-bond donors (Lipinski definition) is 0. The van der Waals surface area contributed by atoms with E-state index in [1.807, 2.05) is 23.6 Å². The van der Waals surface area contributed by atoms with Crippen LogP contribution in [-0.2, 0) is 23.1 Å². The van der Waals surface area contributed by atoms with Crippen LogP contribution < -0.4 is 0 Å². The summed E-state index contributed by atoms with van der Waals surface area (Å²) in [5.41, 5.74) is 3.15. The van der Waals surface area contributed by atoms with Crippen LogP contribution in [0.15, 0.2) is 35.8 Å². The van der Waals surface area contributed by atoms with E-state index in [1.54, 1.807) is 10.4 Å². The van der Waals surface area contributed by atoms with Crippen LogP contribution in [0.2, 0.25) is 0 Å². The van der Waals surface area contributed by atoms with Crippen LogP contribution in [0.5, 0.6) is 0 Å². The lowest BCUT2D eigenvalue weighted by Gasteiger charge is -2.47. The van der Waals surface area contributed by atoms with Crippen molar-refractivity contribution in [2.75, 3.05) is 19.7 Å². The zero-order valence-electron chi connectivity index (χ0n) is 16.2. The number of aromatic nitrogens is 1. The van der Waals surface area contributed by atoms with Crippen LogP contribution in [0, 0.1) is 0 Å². The average molecular weight is 383 g/mol. The summed E-state index contributed by atoms with van der Waals surface area (Å²) in [4.78, 5) is 9.11. The monoisotopic (exact) mass is 382 g/mol. The minimum Gasteiger partial charge on any atom is -0.375 e. The van der Waals surface area contributed by atoms with Crippen LogP contribution in [0.4, 0.5) is 0 Å². The molecular weight excluding hydrogens is 352 g/mol. The van der Waals surface area contributed by atoms with E-state index in [0.29, 0.717) is 0 Å². The molecule has 4 heteroatoms. The molecule has 2 aliphatic heterocycles. The van der Waals surface area contributed by atoms with Gasteiger partial charge in [0.2, 0.25) is 0 Å². The standard InChI is InChI=1S/C23H30N2OS/c1-4-12-24-21(5-1)22(11-15-26-23(18-22)8-2-3-9-23)10-14-25-13-6-20-19(17-25)7-16-27-20/h1,4-5,7,12,16H,2-3,6,8-11,13-15,17-18H2. The Morgan fingerprint density at radius 3 is 2.93 bits per heavy atom. The summed E-state index contributed by atoms with van der Waals surface area (Å²) in [5.74, 6) is 0. The molecule has 0 aromatic carbocycles. The Morgan fingerprint density at radius 1 is 1.15 bits per heavy atom. The molecule has 1 spiro atoms. The van der Waals surface area contributed by atoms with Gasteiger partial charge in [0.1, 0.15) is 0 Å². The second kappa shape index (κ2) is 7.31. The highest BCUT2D eigenvalue weighted by molar-refractivity contribution is 7.10. The van der Waals surface area contributed by atoms with Crippen molar-refractivity contribution in [1.82, 2.24) is 9.88 Å². The summed E-state index contributed by atoms with van der Waals surface area (Å²) in [6, 6.07) is 8.80. The zero-order valence-corrected chi connectivity index (χ0v) is 17.0. The predicted octanol–water partition coefficient (Wildman–Crippen LogP) is 4.95. The van der Waals surface area contributed by atoms with Crippen molar-refractivity contribution in [3.8, 4) is 0 Å². The number of thiophene rings is 1. The molecule has 2 aromatic heterocycles. The molecule has 0 bridgehead atoms. The molecule has 1 aliphatic carbocycles. The minimum absolute atomic E-state index is 0.123. The minimum atomic E-state index is 0.123. The molecule has 4 heterocycles. The Hall–Kier alpha value is -1.23. The van der Waals surface area contributed by atoms with Crippen LogP contribution in [0.1, 0.15) is 61.1 Å². The van der Waals surface area contributed by atoms with E-state index in [0.717, 1.165) is 26.0 Å². The van der Waals surface area contributed by atoms with Gasteiger partial charge in [0.05, 0.1) is 5.60 Å². The molecule has 2 fully saturated rings. The van der Waals surface area contributed by atoms with Gasteiger partial charge in [-0.3, -0.25) is 9.88 Å². The lowest BCUT2D eigenvalue weighted by molar-refractivity contribution is -0.105. The zero-order chi connectivity index (χ0) is 18.2. The summed E-state index contributed by atoms with van der Waals surface area (Å²) in [6.07, 6.45) is 11.8. The molecule has 1 saturated heterocycles. The van der Waals surface area contributed by atoms with Gasteiger partial charge < -0.3 is 4.74 Å². The van der Waals surface area contributed by atoms with Crippen molar-refractivity contribution in [1.29, 1.82) is 0 Å². The Bertz CT molecular complexity index is 768. The molecule has 0 amide bonds. The third-order valence-electron chi connectivity index (χ3n) is 7.17. The van der Waals surface area contributed by atoms with Gasteiger partial charge in [0.15, 0.2) is 0 Å². The number of nitrogens with zero attached hydrogens (tertiary/aromatic N) is 2. The summed E-state index contributed by atoms with van der Waals surface area (Å²) >= 11 is 1.93. The number of pyridine rings is 1. The average Bonchev–Trinajstić information content (AvgIpc) is 3.36. The molecule has 27 heavy (non-hydrogen) atoms. The lowest BCUT2D eigenvalue weighted by Crippen LogP contribution is -2.48. The summed E-state index contributed by atoms with van der Waals surface area (Å²) in [6.45, 7) is 4.39. The van der Waals surface area contributed by atoms with Crippen molar-refractivity contribution >= 4 is 11.3 Å². The van der Waals surface area contributed by atoms with E-state index in [9.17, 15) is 0 Å². The topological polar surface area (TPSA) is 25.4 Å². The summed E-state index contributed by atoms with van der Waals surface area (Å²) in [5, 5.41) is 2.26. The van der Waals surface area contributed by atoms with Crippen molar-refractivity contribution < 1.29 is 4.74 Å². The van der Waals surface area contributed by atoms with E-state index in [2.05, 4.69) is 28.5 Å². The van der Waals surface area contributed by atoms with Crippen molar-refractivity contribution in [2.45, 2.75) is 68.9 Å². The second-order valence-electron chi connectivity index (χ2n) is 8.81. The van der Waals surface area contributed by atoms with Gasteiger partial charge in [-0.05, 0) is 74.2 Å². The van der Waals surface area contributed by atoms with Gasteiger partial charge in [-0.15, -0.1) is 11.3 Å². The molecule has 1 atom stereocenters. The lowest BCUT2D eigenvalue weighted by atomic mass is 9.68. The molecule has 3 nitrogen and oxygen atoms in total. The predicted molar refractivity (Wildman–Crippen MR) is 110 cm³/mol. The molecule has 0 radical (unpaired) electrons. The smallest absolute Gasteiger partial charge is 0.0691 e. The Kier molecular flexibility index (Phi) is 4.83. The highest BCUT2D eigenvalue weighted by Gasteiger charge is 2.48. The van der Waals surface area contributed by atoms with Crippen molar-refractivity contribution in [2.24, 2.45) is 0 Å². The fourth-order valence-corrected chi connectivity index (χ4v) is 6.56. The maximum Gasteiger partial charge on any atom is 0.0691 e. The number of ether oxygens (including phenoxy) is 1. The van der Waals surface area contributed by atoms with E-state index < -0.39 is 0 Å². The normalized spacial score (nSPS) is 27.7. The van der Waals surface area contributed by atoms with Crippen LogP contribution in [0.25, 0.3) is 0 Å². The number of fused-ring (bicyclic) bond motifs is 1. The van der Waals surface area contributed by atoms with E-state index in [-0.39, 0.29) is 11.0 Å². The number of rotatable bonds is 4. The van der Waals surface area contributed by atoms with E-state index >= 15 is 0 Å². The first kappa shape index (κ1) is 17.8. The maximum atomic E-state index is 6.39. The summed E-state index contributed by atoms with van der Waals surface area (Å²) in [7, 11) is 0. The number of hydrogen-bond acceptors (Lipinski definition) is 4. The molecule has 3 aliphatic rings. The third-order valence-corrected chi connectivity index (χ3v) is 8.19. The van der Waals surface area contributed by atoms with Crippen LogP contribution in [-0.4, -0.2) is 35.2 Å². The highest BCUT2D eigenvalue weighted by atomic mass is 32.1. The van der Waals surface area contributed by atoms with Gasteiger partial charge in [-0.25, -0.2) is 0 Å². The fraction of sp³-hybridized carbons (Fsp3) is 0.609. The molecule has 1 saturated carbocycles. The first-order valence-corrected chi connectivity index (χ1v) is 11.5. The van der Waals surface area contributed by atoms with Crippen LogP contribution >= 0.6 is 11.3 Å². The quantitative estimate of drug-likeness (QED) is 0.748. The molecule has 1 unspecified atom stereocenters. The second-order valence-corrected chi connectivity index (χ2v) is 9.81. The Balaban J connectivity index is 1.36. The van der Waals surface area contributed by atoms with Gasteiger partial charge in [-0.2, -0.15) is 0 Å². The molecular formula is C23H30N2OS. The summed E-state index contributed by atoms with van der Waals surface area (Å²) < 4.78 is 6.39. The largest absolute Gasteiger partial charge is 0.375 e. The van der Waals surface area contributed by atoms with Crippen molar-refractivity contribution in [3.63, 3.8) is 0 Å². The molecule has 0 N–H and O–H groups in total. The van der Waals surface area contributed by atoms with Gasteiger partial charge >= 0.3 is 0 Å². The highest BCUT2D eigenvalue weighted by Crippen LogP contribution is 2.49. The Morgan fingerprint density at radius 2 is 2.07 bits per heavy atom. The van der Waals surface area contributed by atoms with Crippen LogP contribution in [0.3, 0.4) is 0 Å². The van der Waals surface area contributed by atoms with Gasteiger partial charge in [-0.1, -0.05) is 18.9 Å². The molecule has 144 valence electrons. The van der Waals surface area contributed by atoms with Crippen molar-refractivity contribution in [3.05, 3.63) is 52.0 Å². The third kappa shape index (κ3) is 3.48. The molecule has 2 aromatic rings. The first-order valence-electron chi connectivity index (χ1n) is 10.6. The Labute approximate surface area is 166 Å². The van der Waals surface area contributed by atoms with E-state index in [1.165, 1.54) is 57.3 Å². The maximum absolute atomic E-state index is 6.39. The SMILES string of the molecule is c1ccc(C2(CCN3CCc4sccc4C3)CCOC3(CCCC3)C2)nc1. The van der Waals surface area contributed by atoms with Gasteiger partial charge in [0, 0.05) is 41.9 Å². The first-order chi connectivity index (χ1) is 13.3. The molecule has 5 rings (SSSR count).